The zero-order chi connectivity index (χ0) is 15.4. The first-order valence-corrected chi connectivity index (χ1v) is 5.83. The number of methoxy groups -OCH3 is 1. The maximum Gasteiger partial charge on any atom is 0.340 e. The van der Waals surface area contributed by atoms with Crippen LogP contribution >= 0.6 is 0 Å². The van der Waals surface area contributed by atoms with Crippen LogP contribution in [0.4, 0.5) is 14.5 Å². The SMILES string of the molecule is COC(=O)c1cc(NC(=O)c2cccc(F)n2)ccc1F. The molecule has 1 aromatic carbocycles. The molecule has 1 aromatic heterocycles. The Hall–Kier alpha value is -2.83. The number of carbonyl (C=O) groups is 2. The number of anilines is 1. The largest absolute Gasteiger partial charge is 0.465 e. The van der Waals surface area contributed by atoms with Crippen LogP contribution in [0.15, 0.2) is 36.4 Å². The molecule has 0 radical (unpaired) electrons. The summed E-state index contributed by atoms with van der Waals surface area (Å²) in [6.45, 7) is 0. The van der Waals surface area contributed by atoms with E-state index in [4.69, 9.17) is 0 Å². The number of nitrogens with zero attached hydrogens (tertiary/aromatic N) is 1. The summed E-state index contributed by atoms with van der Waals surface area (Å²) in [6.07, 6.45) is 0. The van der Waals surface area contributed by atoms with Crippen molar-refractivity contribution in [1.29, 1.82) is 0 Å². The fourth-order valence-corrected chi connectivity index (χ4v) is 1.60. The number of rotatable bonds is 3. The quantitative estimate of drug-likeness (QED) is 0.696. The minimum Gasteiger partial charge on any atom is -0.465 e. The molecule has 0 atom stereocenters. The highest BCUT2D eigenvalue weighted by Crippen LogP contribution is 2.16. The van der Waals surface area contributed by atoms with Crippen molar-refractivity contribution in [2.45, 2.75) is 0 Å². The van der Waals surface area contributed by atoms with Gasteiger partial charge in [0, 0.05) is 5.69 Å². The summed E-state index contributed by atoms with van der Waals surface area (Å²) in [4.78, 5) is 26.6. The highest BCUT2D eigenvalue weighted by Gasteiger charge is 2.15. The summed E-state index contributed by atoms with van der Waals surface area (Å²) in [6, 6.07) is 7.16. The third kappa shape index (κ3) is 3.38. The Bertz CT molecular complexity index is 704. The number of amides is 1. The van der Waals surface area contributed by atoms with Crippen LogP contribution in [-0.2, 0) is 4.74 Å². The number of hydrogen-bond acceptors (Lipinski definition) is 4. The van der Waals surface area contributed by atoms with Gasteiger partial charge in [-0.3, -0.25) is 4.79 Å². The zero-order valence-corrected chi connectivity index (χ0v) is 10.9. The fraction of sp³-hybridized carbons (Fsp3) is 0.0714. The monoisotopic (exact) mass is 292 g/mol. The number of carbonyl (C=O) groups excluding carboxylic acids is 2. The molecule has 0 bridgehead atoms. The van der Waals surface area contributed by atoms with Gasteiger partial charge in [-0.15, -0.1) is 0 Å². The van der Waals surface area contributed by atoms with Gasteiger partial charge in [0.25, 0.3) is 5.91 Å². The van der Waals surface area contributed by atoms with E-state index in [-0.39, 0.29) is 16.9 Å². The Morgan fingerprint density at radius 2 is 1.95 bits per heavy atom. The first-order chi connectivity index (χ1) is 10.0. The van der Waals surface area contributed by atoms with Gasteiger partial charge < -0.3 is 10.1 Å². The van der Waals surface area contributed by atoms with Gasteiger partial charge in [0.2, 0.25) is 5.95 Å². The molecule has 108 valence electrons. The molecule has 1 amide bonds. The second kappa shape index (κ2) is 6.08. The number of hydrogen-bond donors (Lipinski definition) is 1. The van der Waals surface area contributed by atoms with Crippen LogP contribution in [0.1, 0.15) is 20.8 Å². The van der Waals surface area contributed by atoms with E-state index in [1.54, 1.807) is 0 Å². The number of aromatic nitrogens is 1. The van der Waals surface area contributed by atoms with E-state index in [0.717, 1.165) is 25.3 Å². The Morgan fingerprint density at radius 3 is 2.62 bits per heavy atom. The van der Waals surface area contributed by atoms with Crippen molar-refractivity contribution >= 4 is 17.6 Å². The topological polar surface area (TPSA) is 68.3 Å². The van der Waals surface area contributed by atoms with Crippen LogP contribution in [0.3, 0.4) is 0 Å². The van der Waals surface area contributed by atoms with Crippen molar-refractivity contribution < 1.29 is 23.1 Å². The summed E-state index contributed by atoms with van der Waals surface area (Å²) in [5.74, 6) is -3.12. The third-order valence-electron chi connectivity index (χ3n) is 2.58. The molecular formula is C14H10F2N2O3. The zero-order valence-electron chi connectivity index (χ0n) is 10.9. The minimum absolute atomic E-state index is 0.140. The highest BCUT2D eigenvalue weighted by atomic mass is 19.1. The molecule has 0 aliphatic heterocycles. The molecule has 21 heavy (non-hydrogen) atoms. The molecule has 7 heteroatoms. The van der Waals surface area contributed by atoms with E-state index in [9.17, 15) is 18.4 Å². The molecule has 1 N–H and O–H groups in total. The van der Waals surface area contributed by atoms with Crippen molar-refractivity contribution in [2.24, 2.45) is 0 Å². The van der Waals surface area contributed by atoms with E-state index in [0.29, 0.717) is 0 Å². The maximum atomic E-state index is 13.4. The Kier molecular flexibility index (Phi) is 4.22. The maximum absolute atomic E-state index is 13.4. The van der Waals surface area contributed by atoms with E-state index in [2.05, 4.69) is 15.0 Å². The number of benzene rings is 1. The summed E-state index contributed by atoms with van der Waals surface area (Å²) in [7, 11) is 1.11. The van der Waals surface area contributed by atoms with Crippen molar-refractivity contribution in [3.05, 3.63) is 59.4 Å². The van der Waals surface area contributed by atoms with Crippen LogP contribution in [0.5, 0.6) is 0 Å². The number of ether oxygens (including phenoxy) is 1. The lowest BCUT2D eigenvalue weighted by Gasteiger charge is -2.07. The molecule has 0 saturated carbocycles. The van der Waals surface area contributed by atoms with E-state index < -0.39 is 23.6 Å². The van der Waals surface area contributed by atoms with E-state index in [1.165, 1.54) is 18.2 Å². The van der Waals surface area contributed by atoms with Gasteiger partial charge in [-0.25, -0.2) is 14.2 Å². The second-order valence-corrected chi connectivity index (χ2v) is 3.99. The van der Waals surface area contributed by atoms with Crippen molar-refractivity contribution in [1.82, 2.24) is 4.98 Å². The van der Waals surface area contributed by atoms with E-state index >= 15 is 0 Å². The molecule has 0 aliphatic carbocycles. The van der Waals surface area contributed by atoms with Crippen LogP contribution in [-0.4, -0.2) is 24.0 Å². The number of pyridine rings is 1. The number of halogens is 2. The lowest BCUT2D eigenvalue weighted by Crippen LogP contribution is -2.15. The molecule has 0 aliphatic rings. The fourth-order valence-electron chi connectivity index (χ4n) is 1.60. The van der Waals surface area contributed by atoms with Crippen molar-refractivity contribution in [2.75, 3.05) is 12.4 Å². The average molecular weight is 292 g/mol. The predicted molar refractivity (Wildman–Crippen MR) is 69.9 cm³/mol. The first kappa shape index (κ1) is 14.6. The Morgan fingerprint density at radius 1 is 1.19 bits per heavy atom. The Balaban J connectivity index is 2.24. The summed E-state index contributed by atoms with van der Waals surface area (Å²) < 4.78 is 30.8. The third-order valence-corrected chi connectivity index (χ3v) is 2.58. The van der Waals surface area contributed by atoms with Crippen LogP contribution in [0.2, 0.25) is 0 Å². The highest BCUT2D eigenvalue weighted by molar-refractivity contribution is 6.03. The van der Waals surface area contributed by atoms with Gasteiger partial charge in [0.1, 0.15) is 11.5 Å². The van der Waals surface area contributed by atoms with Gasteiger partial charge >= 0.3 is 5.97 Å². The normalized spacial score (nSPS) is 10.0. The molecule has 5 nitrogen and oxygen atoms in total. The molecule has 0 spiro atoms. The molecule has 0 unspecified atom stereocenters. The molecule has 0 saturated heterocycles. The van der Waals surface area contributed by atoms with Gasteiger partial charge in [0.15, 0.2) is 0 Å². The lowest BCUT2D eigenvalue weighted by molar-refractivity contribution is 0.0595. The summed E-state index contributed by atoms with van der Waals surface area (Å²) >= 11 is 0. The lowest BCUT2D eigenvalue weighted by atomic mass is 10.2. The smallest absolute Gasteiger partial charge is 0.340 e. The predicted octanol–water partition coefficient (Wildman–Crippen LogP) is 2.40. The molecule has 1 heterocycles. The first-order valence-electron chi connectivity index (χ1n) is 5.83. The van der Waals surface area contributed by atoms with Crippen molar-refractivity contribution in [3.63, 3.8) is 0 Å². The summed E-state index contributed by atoms with van der Waals surface area (Å²) in [5, 5.41) is 2.39. The van der Waals surface area contributed by atoms with Crippen molar-refractivity contribution in [3.8, 4) is 0 Å². The van der Waals surface area contributed by atoms with Gasteiger partial charge in [0.05, 0.1) is 12.7 Å². The number of nitrogens with one attached hydrogen (secondary N) is 1. The number of esters is 1. The van der Waals surface area contributed by atoms with Gasteiger partial charge in [-0.05, 0) is 30.3 Å². The van der Waals surface area contributed by atoms with Crippen LogP contribution in [0, 0.1) is 11.8 Å². The average Bonchev–Trinajstić information content (AvgIpc) is 2.48. The Labute approximate surface area is 118 Å². The molecular weight excluding hydrogens is 282 g/mol. The second-order valence-electron chi connectivity index (χ2n) is 3.99. The molecule has 2 rings (SSSR count). The van der Waals surface area contributed by atoms with Gasteiger partial charge in [-0.1, -0.05) is 6.07 Å². The minimum atomic E-state index is -0.868. The van der Waals surface area contributed by atoms with E-state index in [1.807, 2.05) is 0 Å². The standard InChI is InChI=1S/C14H10F2N2O3/c1-21-14(20)9-7-8(5-6-10(9)15)17-13(19)11-3-2-4-12(16)18-11/h2-7H,1H3,(H,17,19). The molecule has 2 aromatic rings. The van der Waals surface area contributed by atoms with Crippen LogP contribution in [0.25, 0.3) is 0 Å². The van der Waals surface area contributed by atoms with Gasteiger partial charge in [-0.2, -0.15) is 4.39 Å². The van der Waals surface area contributed by atoms with Crippen LogP contribution < -0.4 is 5.32 Å². The molecule has 0 fully saturated rings. The summed E-state index contributed by atoms with van der Waals surface area (Å²) in [5.41, 5.74) is -0.297.